The summed E-state index contributed by atoms with van der Waals surface area (Å²) < 4.78 is 3.22. The number of aromatic nitrogens is 4. The molecule has 0 aliphatic rings. The molecular formula is C12H18N6O2. The Morgan fingerprint density at radius 3 is 2.80 bits per heavy atom. The molecule has 2 aromatic rings. The number of hydrogen-bond acceptors (Lipinski definition) is 5. The summed E-state index contributed by atoms with van der Waals surface area (Å²) in [5.74, 6) is 1.13. The first-order chi connectivity index (χ1) is 9.60. The molecule has 8 nitrogen and oxygen atoms in total. The Morgan fingerprint density at radius 1 is 1.45 bits per heavy atom. The summed E-state index contributed by atoms with van der Waals surface area (Å²) in [6.45, 7) is 2.40. The largest absolute Gasteiger partial charge is 0.334 e. The summed E-state index contributed by atoms with van der Waals surface area (Å²) in [7, 11) is 1.70. The van der Waals surface area contributed by atoms with Crippen LogP contribution >= 0.6 is 0 Å². The highest BCUT2D eigenvalue weighted by Crippen LogP contribution is 2.28. The molecule has 2 aromatic heterocycles. The Kier molecular flexibility index (Phi) is 4.14. The van der Waals surface area contributed by atoms with Gasteiger partial charge in [0.25, 0.3) is 0 Å². The Bertz CT molecular complexity index is 615. The van der Waals surface area contributed by atoms with E-state index in [4.69, 9.17) is 5.73 Å². The minimum Gasteiger partial charge on any atom is -0.330 e. The number of imidazole rings is 1. The van der Waals surface area contributed by atoms with Gasteiger partial charge in [0, 0.05) is 25.9 Å². The number of rotatable bonds is 6. The molecule has 0 atom stereocenters. The van der Waals surface area contributed by atoms with E-state index >= 15 is 0 Å². The van der Waals surface area contributed by atoms with Crippen molar-refractivity contribution in [1.29, 1.82) is 0 Å². The number of nitrogens with zero attached hydrogens (tertiary/aromatic N) is 5. The van der Waals surface area contributed by atoms with Crippen molar-refractivity contribution < 1.29 is 4.92 Å². The summed E-state index contributed by atoms with van der Waals surface area (Å²) in [5.41, 5.74) is 6.09. The molecule has 2 heterocycles. The molecule has 0 saturated carbocycles. The van der Waals surface area contributed by atoms with Gasteiger partial charge in [-0.3, -0.25) is 14.7 Å². The van der Waals surface area contributed by atoms with E-state index in [0.717, 1.165) is 6.42 Å². The Hall–Kier alpha value is -2.22. The van der Waals surface area contributed by atoms with Crippen LogP contribution in [0.25, 0.3) is 5.82 Å². The van der Waals surface area contributed by atoms with Crippen molar-refractivity contribution in [2.24, 2.45) is 12.8 Å². The fourth-order valence-corrected chi connectivity index (χ4v) is 2.26. The van der Waals surface area contributed by atoms with Crippen LogP contribution in [-0.4, -0.2) is 30.8 Å². The zero-order valence-electron chi connectivity index (χ0n) is 11.6. The van der Waals surface area contributed by atoms with E-state index in [2.05, 4.69) is 10.1 Å². The topological polar surface area (TPSA) is 105 Å². The van der Waals surface area contributed by atoms with Gasteiger partial charge in [-0.15, -0.1) is 0 Å². The quantitative estimate of drug-likeness (QED) is 0.626. The predicted octanol–water partition coefficient (Wildman–Crippen LogP) is 0.968. The molecule has 0 amide bonds. The van der Waals surface area contributed by atoms with Crippen molar-refractivity contribution in [2.45, 2.75) is 26.2 Å². The normalized spacial score (nSPS) is 10.9. The molecule has 0 radical (unpaired) electrons. The molecule has 0 spiro atoms. The van der Waals surface area contributed by atoms with Crippen LogP contribution in [0.4, 0.5) is 5.69 Å². The van der Waals surface area contributed by atoms with E-state index in [0.29, 0.717) is 36.7 Å². The third-order valence-electron chi connectivity index (χ3n) is 3.05. The van der Waals surface area contributed by atoms with E-state index < -0.39 is 0 Å². The maximum absolute atomic E-state index is 11.4. The molecule has 0 bridgehead atoms. The summed E-state index contributed by atoms with van der Waals surface area (Å²) in [6, 6.07) is 0. The minimum absolute atomic E-state index is 0.0469. The van der Waals surface area contributed by atoms with Crippen LogP contribution in [0.5, 0.6) is 0 Å². The summed E-state index contributed by atoms with van der Waals surface area (Å²) in [5, 5.41) is 15.7. The van der Waals surface area contributed by atoms with E-state index in [9.17, 15) is 10.1 Å². The molecule has 2 rings (SSSR count). The highest BCUT2D eigenvalue weighted by Gasteiger charge is 2.28. The number of hydrogen-bond donors (Lipinski definition) is 1. The van der Waals surface area contributed by atoms with Crippen molar-refractivity contribution in [3.05, 3.63) is 34.0 Å². The maximum atomic E-state index is 11.4. The lowest BCUT2D eigenvalue weighted by molar-refractivity contribution is -0.385. The highest BCUT2D eigenvalue weighted by atomic mass is 16.6. The molecule has 8 heteroatoms. The van der Waals surface area contributed by atoms with E-state index in [1.807, 2.05) is 6.92 Å². The van der Waals surface area contributed by atoms with Crippen molar-refractivity contribution in [3.8, 4) is 5.82 Å². The molecule has 0 unspecified atom stereocenters. The van der Waals surface area contributed by atoms with Crippen LogP contribution in [0.1, 0.15) is 24.9 Å². The molecule has 2 N–H and O–H groups in total. The Balaban J connectivity index is 2.60. The van der Waals surface area contributed by atoms with Crippen LogP contribution in [0.3, 0.4) is 0 Å². The second kappa shape index (κ2) is 5.83. The average Bonchev–Trinajstić information content (AvgIpc) is 2.94. The number of nitrogens with two attached hydrogens (primary N) is 1. The highest BCUT2D eigenvalue weighted by molar-refractivity contribution is 5.52. The van der Waals surface area contributed by atoms with E-state index in [1.165, 1.54) is 4.68 Å². The molecule has 0 aliphatic heterocycles. The Labute approximate surface area is 116 Å². The summed E-state index contributed by atoms with van der Waals surface area (Å²) >= 11 is 0. The maximum Gasteiger partial charge on any atom is 0.334 e. The summed E-state index contributed by atoms with van der Waals surface area (Å²) in [6.07, 6.45) is 5.24. The van der Waals surface area contributed by atoms with Gasteiger partial charge in [0.15, 0.2) is 0 Å². The lowest BCUT2D eigenvalue weighted by Crippen LogP contribution is -2.12. The molecule has 108 valence electrons. The van der Waals surface area contributed by atoms with Crippen molar-refractivity contribution >= 4 is 5.69 Å². The van der Waals surface area contributed by atoms with Crippen molar-refractivity contribution in [3.63, 3.8) is 0 Å². The van der Waals surface area contributed by atoms with Crippen molar-refractivity contribution in [2.75, 3.05) is 6.54 Å². The van der Waals surface area contributed by atoms with Gasteiger partial charge in [-0.1, -0.05) is 13.3 Å². The monoisotopic (exact) mass is 278 g/mol. The van der Waals surface area contributed by atoms with Crippen LogP contribution in [0, 0.1) is 10.1 Å². The molecule has 0 saturated heterocycles. The lowest BCUT2D eigenvalue weighted by Gasteiger charge is -2.06. The zero-order chi connectivity index (χ0) is 14.7. The number of nitro groups is 1. The third-order valence-corrected chi connectivity index (χ3v) is 3.05. The van der Waals surface area contributed by atoms with E-state index in [1.54, 1.807) is 24.0 Å². The van der Waals surface area contributed by atoms with Gasteiger partial charge in [0.05, 0.1) is 4.92 Å². The smallest absolute Gasteiger partial charge is 0.330 e. The standard InChI is InChI=1S/C12H18N6O2/c1-3-4-9-11(18(19)20)12(16(2)15-9)17-8-7-14-10(17)5-6-13/h7-8H,3-6,13H2,1-2H3. The van der Waals surface area contributed by atoms with Crippen LogP contribution in [-0.2, 0) is 19.9 Å². The van der Waals surface area contributed by atoms with Gasteiger partial charge < -0.3 is 5.73 Å². The van der Waals surface area contributed by atoms with Gasteiger partial charge in [-0.05, 0) is 13.0 Å². The first kappa shape index (κ1) is 14.2. The molecule has 20 heavy (non-hydrogen) atoms. The van der Waals surface area contributed by atoms with Gasteiger partial charge in [0.1, 0.15) is 11.5 Å². The molecule has 0 aliphatic carbocycles. The number of aryl methyl sites for hydroxylation is 2. The van der Waals surface area contributed by atoms with Gasteiger partial charge in [0.2, 0.25) is 5.82 Å². The zero-order valence-corrected chi connectivity index (χ0v) is 11.6. The second-order valence-corrected chi connectivity index (χ2v) is 4.50. The predicted molar refractivity (Wildman–Crippen MR) is 73.7 cm³/mol. The van der Waals surface area contributed by atoms with Gasteiger partial charge in [-0.2, -0.15) is 5.10 Å². The summed E-state index contributed by atoms with van der Waals surface area (Å²) in [4.78, 5) is 15.2. The first-order valence-corrected chi connectivity index (χ1v) is 6.53. The molecule has 0 aromatic carbocycles. The van der Waals surface area contributed by atoms with Crippen LogP contribution < -0.4 is 5.73 Å². The van der Waals surface area contributed by atoms with Gasteiger partial charge in [-0.25, -0.2) is 9.67 Å². The molecular weight excluding hydrogens is 260 g/mol. The average molecular weight is 278 g/mol. The molecule has 0 fully saturated rings. The van der Waals surface area contributed by atoms with Crippen LogP contribution in [0.15, 0.2) is 12.4 Å². The minimum atomic E-state index is -0.375. The third kappa shape index (κ3) is 2.42. The Morgan fingerprint density at radius 2 is 2.20 bits per heavy atom. The van der Waals surface area contributed by atoms with Gasteiger partial charge >= 0.3 is 5.69 Å². The van der Waals surface area contributed by atoms with E-state index in [-0.39, 0.29) is 10.6 Å². The van der Waals surface area contributed by atoms with Crippen LogP contribution in [0.2, 0.25) is 0 Å². The fraction of sp³-hybridized carbons (Fsp3) is 0.500. The first-order valence-electron chi connectivity index (χ1n) is 6.53. The second-order valence-electron chi connectivity index (χ2n) is 4.50. The fourth-order valence-electron chi connectivity index (χ4n) is 2.26. The SMILES string of the molecule is CCCc1nn(C)c(-n2ccnc2CCN)c1[N+](=O)[O-]. The lowest BCUT2D eigenvalue weighted by atomic mass is 10.2. The van der Waals surface area contributed by atoms with Crippen molar-refractivity contribution in [1.82, 2.24) is 19.3 Å².